The van der Waals surface area contributed by atoms with Gasteiger partial charge in [0.1, 0.15) is 22.8 Å². The minimum absolute atomic E-state index is 0.271. The molecule has 0 saturated carbocycles. The van der Waals surface area contributed by atoms with Crippen LogP contribution in [-0.2, 0) is 13.0 Å². The van der Waals surface area contributed by atoms with E-state index in [1.807, 2.05) is 36.4 Å². The van der Waals surface area contributed by atoms with Crippen molar-refractivity contribution in [3.8, 4) is 11.5 Å². The highest BCUT2D eigenvalue weighted by molar-refractivity contribution is 5.81. The van der Waals surface area contributed by atoms with Crippen molar-refractivity contribution in [1.82, 2.24) is 19.5 Å². The quantitative estimate of drug-likeness (QED) is 0.522. The van der Waals surface area contributed by atoms with Gasteiger partial charge < -0.3 is 15.5 Å². The molecule has 0 fully saturated rings. The summed E-state index contributed by atoms with van der Waals surface area (Å²) in [6.07, 6.45) is 2.11. The van der Waals surface area contributed by atoms with Crippen molar-refractivity contribution in [1.29, 1.82) is 0 Å². The third-order valence-corrected chi connectivity index (χ3v) is 4.67. The van der Waals surface area contributed by atoms with Crippen LogP contribution in [0.1, 0.15) is 30.3 Å². The van der Waals surface area contributed by atoms with E-state index >= 15 is 0 Å². The Morgan fingerprint density at radius 3 is 2.48 bits per heavy atom. The Morgan fingerprint density at radius 1 is 1.07 bits per heavy atom. The maximum absolute atomic E-state index is 12.4. The number of nitrogens with two attached hydrogens (primary N) is 1. The molecular formula is C22H23N5O2. The molecule has 0 aliphatic heterocycles. The second-order valence-electron chi connectivity index (χ2n) is 7.02. The molecular weight excluding hydrogens is 366 g/mol. The normalized spacial score (nSPS) is 11.1. The average Bonchev–Trinajstić information content (AvgIpc) is 2.99. The number of benzene rings is 2. The first-order chi connectivity index (χ1) is 14.0. The zero-order valence-corrected chi connectivity index (χ0v) is 16.5. The van der Waals surface area contributed by atoms with Gasteiger partial charge in [-0.15, -0.1) is 0 Å². The number of rotatable bonds is 6. The second-order valence-corrected chi connectivity index (χ2v) is 7.02. The highest BCUT2D eigenvalue weighted by atomic mass is 16.5. The summed E-state index contributed by atoms with van der Waals surface area (Å²) in [7, 11) is 0. The van der Waals surface area contributed by atoms with Crippen LogP contribution < -0.4 is 16.2 Å². The van der Waals surface area contributed by atoms with Gasteiger partial charge in [0.2, 0.25) is 0 Å². The van der Waals surface area contributed by atoms with Crippen molar-refractivity contribution in [2.75, 3.05) is 5.73 Å². The predicted octanol–water partition coefficient (Wildman–Crippen LogP) is 3.80. The highest BCUT2D eigenvalue weighted by Gasteiger charge is 2.13. The van der Waals surface area contributed by atoms with Crippen LogP contribution in [-0.4, -0.2) is 19.5 Å². The predicted molar refractivity (Wildman–Crippen MR) is 113 cm³/mol. The number of hydrogen-bond donors (Lipinski definition) is 2. The number of nitrogens with one attached hydrogen (secondary N) is 1. The van der Waals surface area contributed by atoms with Crippen molar-refractivity contribution in [3.05, 3.63) is 76.0 Å². The standard InChI is InChI=1S/C22H23N5O2/c1-3-6-15-7-4-9-17(11-15)29-18-10-5-8-16(12-18)13-27-21-19(26-22(27)28)20(23)24-14(2)25-21/h4-5,7-12H,3,6,13H2,1-2H3,(H,26,28)(H2,23,24,25). The van der Waals surface area contributed by atoms with Crippen LogP contribution in [0.2, 0.25) is 0 Å². The van der Waals surface area contributed by atoms with E-state index in [0.717, 1.165) is 24.2 Å². The fourth-order valence-electron chi connectivity index (χ4n) is 3.39. The Labute approximate surface area is 168 Å². The number of aryl methyl sites for hydroxylation is 2. The Hall–Kier alpha value is -3.61. The third kappa shape index (κ3) is 3.99. The molecule has 7 heteroatoms. The van der Waals surface area contributed by atoms with Crippen LogP contribution in [0.25, 0.3) is 11.2 Å². The molecule has 3 N–H and O–H groups in total. The van der Waals surface area contributed by atoms with E-state index in [1.54, 1.807) is 11.5 Å². The molecule has 0 aliphatic carbocycles. The number of aromatic amines is 1. The van der Waals surface area contributed by atoms with Gasteiger partial charge in [0.25, 0.3) is 0 Å². The molecule has 2 aromatic heterocycles. The fourth-order valence-corrected chi connectivity index (χ4v) is 3.39. The minimum atomic E-state index is -0.273. The van der Waals surface area contributed by atoms with Gasteiger partial charge in [-0.05, 0) is 48.7 Å². The number of nitrogen functional groups attached to an aromatic ring is 1. The van der Waals surface area contributed by atoms with Crippen molar-refractivity contribution in [2.45, 2.75) is 33.2 Å². The molecule has 0 saturated heterocycles. The summed E-state index contributed by atoms with van der Waals surface area (Å²) >= 11 is 0. The molecule has 0 amide bonds. The summed E-state index contributed by atoms with van der Waals surface area (Å²) in [4.78, 5) is 23.7. The van der Waals surface area contributed by atoms with Gasteiger partial charge in [-0.2, -0.15) is 0 Å². The van der Waals surface area contributed by atoms with Crippen molar-refractivity contribution in [2.24, 2.45) is 0 Å². The van der Waals surface area contributed by atoms with Crippen LogP contribution in [0.15, 0.2) is 53.3 Å². The van der Waals surface area contributed by atoms with Crippen molar-refractivity contribution < 1.29 is 4.74 Å². The SMILES string of the molecule is CCCc1cccc(Oc2cccc(Cn3c(=O)[nH]c4c(N)nc(C)nc43)c2)c1. The van der Waals surface area contributed by atoms with Gasteiger partial charge in [-0.25, -0.2) is 14.8 Å². The third-order valence-electron chi connectivity index (χ3n) is 4.67. The summed E-state index contributed by atoms with van der Waals surface area (Å²) in [5.41, 5.74) is 8.78. The second kappa shape index (κ2) is 7.79. The number of H-pyrrole nitrogens is 1. The summed E-state index contributed by atoms with van der Waals surface area (Å²) in [5, 5.41) is 0. The summed E-state index contributed by atoms with van der Waals surface area (Å²) < 4.78 is 7.60. The van der Waals surface area contributed by atoms with Gasteiger partial charge >= 0.3 is 5.69 Å². The van der Waals surface area contributed by atoms with Crippen LogP contribution >= 0.6 is 0 Å². The lowest BCUT2D eigenvalue weighted by Crippen LogP contribution is -2.17. The number of hydrogen-bond acceptors (Lipinski definition) is 5. The molecule has 0 bridgehead atoms. The van der Waals surface area contributed by atoms with E-state index in [-0.39, 0.29) is 11.5 Å². The molecule has 0 spiro atoms. The molecule has 2 heterocycles. The molecule has 148 valence electrons. The number of imidazole rings is 1. The Bertz CT molecular complexity index is 1230. The van der Waals surface area contributed by atoms with Crippen LogP contribution in [0.4, 0.5) is 5.82 Å². The van der Waals surface area contributed by atoms with Gasteiger partial charge in [0.15, 0.2) is 11.5 Å². The lowest BCUT2D eigenvalue weighted by molar-refractivity contribution is 0.481. The zero-order chi connectivity index (χ0) is 20.4. The van der Waals surface area contributed by atoms with Crippen molar-refractivity contribution in [3.63, 3.8) is 0 Å². The summed E-state index contributed by atoms with van der Waals surface area (Å²) in [6, 6.07) is 15.8. The molecule has 0 radical (unpaired) electrons. The lowest BCUT2D eigenvalue weighted by atomic mass is 10.1. The van der Waals surface area contributed by atoms with Gasteiger partial charge in [-0.1, -0.05) is 37.6 Å². The van der Waals surface area contributed by atoms with Gasteiger partial charge in [0, 0.05) is 0 Å². The van der Waals surface area contributed by atoms with Crippen LogP contribution in [0.3, 0.4) is 0 Å². The van der Waals surface area contributed by atoms with E-state index in [9.17, 15) is 4.79 Å². The summed E-state index contributed by atoms with van der Waals surface area (Å²) in [5.74, 6) is 2.31. The van der Waals surface area contributed by atoms with E-state index in [0.29, 0.717) is 29.3 Å². The molecule has 7 nitrogen and oxygen atoms in total. The Balaban J connectivity index is 1.62. The maximum atomic E-state index is 12.4. The van der Waals surface area contributed by atoms with E-state index < -0.39 is 0 Å². The molecule has 0 atom stereocenters. The first-order valence-corrected chi connectivity index (χ1v) is 9.62. The first-order valence-electron chi connectivity index (χ1n) is 9.62. The smallest absolute Gasteiger partial charge is 0.328 e. The molecule has 0 unspecified atom stereocenters. The molecule has 2 aromatic carbocycles. The van der Waals surface area contributed by atoms with E-state index in [1.165, 1.54) is 5.56 Å². The highest BCUT2D eigenvalue weighted by Crippen LogP contribution is 2.24. The Kier molecular flexibility index (Phi) is 5.03. The number of fused-ring (bicyclic) bond motifs is 1. The first kappa shape index (κ1) is 18.7. The van der Waals surface area contributed by atoms with Gasteiger partial charge in [-0.3, -0.25) is 4.57 Å². The minimum Gasteiger partial charge on any atom is -0.457 e. The van der Waals surface area contributed by atoms with Gasteiger partial charge in [0.05, 0.1) is 6.54 Å². The number of ether oxygens (including phenoxy) is 1. The number of nitrogens with zero attached hydrogens (tertiary/aromatic N) is 3. The maximum Gasteiger partial charge on any atom is 0.328 e. The largest absolute Gasteiger partial charge is 0.457 e. The average molecular weight is 389 g/mol. The molecule has 29 heavy (non-hydrogen) atoms. The Morgan fingerprint density at radius 2 is 1.76 bits per heavy atom. The van der Waals surface area contributed by atoms with E-state index in [4.69, 9.17) is 10.5 Å². The number of aromatic nitrogens is 4. The molecule has 4 rings (SSSR count). The molecule has 0 aliphatic rings. The number of anilines is 1. The topological polar surface area (TPSA) is 98.8 Å². The molecule has 4 aromatic rings. The van der Waals surface area contributed by atoms with E-state index in [2.05, 4.69) is 34.0 Å². The van der Waals surface area contributed by atoms with Crippen LogP contribution in [0, 0.1) is 6.92 Å². The summed E-state index contributed by atoms with van der Waals surface area (Å²) in [6.45, 7) is 4.25. The lowest BCUT2D eigenvalue weighted by Gasteiger charge is -2.10. The zero-order valence-electron chi connectivity index (χ0n) is 16.5. The van der Waals surface area contributed by atoms with Crippen molar-refractivity contribution >= 4 is 17.0 Å². The fraction of sp³-hybridized carbons (Fsp3) is 0.227. The monoisotopic (exact) mass is 389 g/mol. The van der Waals surface area contributed by atoms with Crippen LogP contribution in [0.5, 0.6) is 11.5 Å².